The highest BCUT2D eigenvalue weighted by atomic mass is 35.5. The molecule has 1 aromatic carbocycles. The fourth-order valence-corrected chi connectivity index (χ4v) is 3.58. The zero-order chi connectivity index (χ0) is 21.3. The fraction of sp³-hybridized carbons (Fsp3) is 0.238. The lowest BCUT2D eigenvalue weighted by atomic mass is 10.3. The highest BCUT2D eigenvalue weighted by Gasteiger charge is 2.11. The lowest BCUT2D eigenvalue weighted by Crippen LogP contribution is -2.39. The summed E-state index contributed by atoms with van der Waals surface area (Å²) in [5.74, 6) is 0.974. The van der Waals surface area contributed by atoms with Gasteiger partial charge in [0.05, 0.1) is 10.9 Å². The average molecular weight is 449 g/mol. The number of aliphatic imine (C=N–C) groups is 1. The molecule has 1 unspecified atom stereocenters. The Morgan fingerprint density at radius 2 is 2.13 bits per heavy atom. The third-order valence-corrected chi connectivity index (χ3v) is 5.30. The number of nitrogens with zero attached hydrogens (tertiary/aromatic N) is 2. The summed E-state index contributed by atoms with van der Waals surface area (Å²) in [7, 11) is 0. The summed E-state index contributed by atoms with van der Waals surface area (Å²) in [5, 5.41) is 16.5. The van der Waals surface area contributed by atoms with Crippen LogP contribution in [0.3, 0.4) is 0 Å². The molecule has 0 aliphatic heterocycles. The van der Waals surface area contributed by atoms with E-state index in [-0.39, 0.29) is 5.82 Å². The quantitative estimate of drug-likeness (QED) is 0.349. The third-order valence-electron chi connectivity index (χ3n) is 3.97. The SMILES string of the molecule is CCNC(=NCc1ccc(Oc2cccc(F)c2)nc1)NCC(O)c1ccc(Cl)s1. The van der Waals surface area contributed by atoms with Crippen molar-refractivity contribution >= 4 is 28.9 Å². The lowest BCUT2D eigenvalue weighted by molar-refractivity contribution is 0.184. The van der Waals surface area contributed by atoms with Crippen LogP contribution >= 0.6 is 22.9 Å². The first kappa shape index (κ1) is 22.0. The molecule has 2 aromatic heterocycles. The van der Waals surface area contributed by atoms with Crippen molar-refractivity contribution in [2.45, 2.75) is 19.6 Å². The Morgan fingerprint density at radius 1 is 1.27 bits per heavy atom. The Hall–Kier alpha value is -2.68. The van der Waals surface area contributed by atoms with Crippen LogP contribution in [0.4, 0.5) is 4.39 Å². The van der Waals surface area contributed by atoms with E-state index in [1.54, 1.807) is 30.5 Å². The van der Waals surface area contributed by atoms with Crippen molar-refractivity contribution in [3.05, 3.63) is 75.3 Å². The standard InChI is InChI=1S/C21H22ClFN4O2S/c1-2-24-21(27-13-17(28)18-7-8-19(22)30-18)26-12-14-6-9-20(25-11-14)29-16-5-3-4-15(23)10-16/h3-11,17,28H,2,12-13H2,1H3,(H2,24,26,27). The number of aliphatic hydroxyl groups is 1. The number of guanidine groups is 1. The number of benzene rings is 1. The molecule has 3 N–H and O–H groups in total. The number of hydrogen-bond donors (Lipinski definition) is 3. The van der Waals surface area contributed by atoms with Gasteiger partial charge >= 0.3 is 0 Å². The Morgan fingerprint density at radius 3 is 2.80 bits per heavy atom. The van der Waals surface area contributed by atoms with Gasteiger partial charge < -0.3 is 20.5 Å². The van der Waals surface area contributed by atoms with Gasteiger partial charge in [-0.05, 0) is 36.8 Å². The van der Waals surface area contributed by atoms with Gasteiger partial charge in [-0.3, -0.25) is 0 Å². The summed E-state index contributed by atoms with van der Waals surface area (Å²) < 4.78 is 19.4. The van der Waals surface area contributed by atoms with Crippen LogP contribution in [0.15, 0.2) is 59.7 Å². The van der Waals surface area contributed by atoms with Gasteiger partial charge in [0.2, 0.25) is 5.88 Å². The molecule has 158 valence electrons. The number of halogens is 2. The Labute approximate surface area is 183 Å². The number of rotatable bonds is 8. The molecule has 0 fully saturated rings. The second-order valence-corrected chi connectivity index (χ2v) is 8.04. The molecule has 0 saturated heterocycles. The van der Waals surface area contributed by atoms with Gasteiger partial charge in [-0.2, -0.15) is 0 Å². The van der Waals surface area contributed by atoms with Gasteiger partial charge in [-0.15, -0.1) is 11.3 Å². The molecule has 0 aliphatic rings. The molecule has 6 nitrogen and oxygen atoms in total. The van der Waals surface area contributed by atoms with E-state index >= 15 is 0 Å². The molecule has 3 rings (SSSR count). The van der Waals surface area contributed by atoms with E-state index in [0.717, 1.165) is 10.4 Å². The second kappa shape index (κ2) is 10.9. The molecule has 0 saturated carbocycles. The third kappa shape index (κ3) is 6.69. The molecule has 0 amide bonds. The van der Waals surface area contributed by atoms with Crippen LogP contribution < -0.4 is 15.4 Å². The monoisotopic (exact) mass is 448 g/mol. The van der Waals surface area contributed by atoms with Crippen LogP contribution in [0.2, 0.25) is 4.34 Å². The van der Waals surface area contributed by atoms with Crippen molar-refractivity contribution in [3.63, 3.8) is 0 Å². The van der Waals surface area contributed by atoms with Gasteiger partial charge in [0.15, 0.2) is 5.96 Å². The molecule has 0 bridgehead atoms. The summed E-state index contributed by atoms with van der Waals surface area (Å²) >= 11 is 7.27. The number of hydrogen-bond acceptors (Lipinski definition) is 5. The first-order chi connectivity index (χ1) is 14.5. The Bertz CT molecular complexity index is 981. The van der Waals surface area contributed by atoms with Crippen molar-refractivity contribution in [1.82, 2.24) is 15.6 Å². The minimum absolute atomic E-state index is 0.307. The molecule has 3 aromatic rings. The Balaban J connectivity index is 1.56. The molecule has 9 heteroatoms. The fourth-order valence-electron chi connectivity index (χ4n) is 2.53. The smallest absolute Gasteiger partial charge is 0.219 e. The van der Waals surface area contributed by atoms with Gasteiger partial charge in [0.25, 0.3) is 0 Å². The summed E-state index contributed by atoms with van der Waals surface area (Å²) in [6.45, 7) is 3.35. The van der Waals surface area contributed by atoms with E-state index in [9.17, 15) is 9.50 Å². The van der Waals surface area contributed by atoms with Crippen LogP contribution in [0.1, 0.15) is 23.5 Å². The van der Waals surface area contributed by atoms with Gasteiger partial charge in [0, 0.05) is 36.3 Å². The highest BCUT2D eigenvalue weighted by Crippen LogP contribution is 2.26. The van der Waals surface area contributed by atoms with Crippen LogP contribution in [0.25, 0.3) is 0 Å². The molecule has 1 atom stereocenters. The number of thiophene rings is 1. The molecule has 0 spiro atoms. The van der Waals surface area contributed by atoms with E-state index in [0.29, 0.717) is 41.6 Å². The first-order valence-electron chi connectivity index (χ1n) is 9.37. The van der Waals surface area contributed by atoms with Crippen LogP contribution in [-0.2, 0) is 6.54 Å². The first-order valence-corrected chi connectivity index (χ1v) is 10.6. The van der Waals surface area contributed by atoms with Crippen LogP contribution in [-0.4, -0.2) is 29.1 Å². The number of nitrogens with one attached hydrogen (secondary N) is 2. The van der Waals surface area contributed by atoms with Crippen molar-refractivity contribution in [2.75, 3.05) is 13.1 Å². The van der Waals surface area contributed by atoms with E-state index in [1.807, 2.05) is 19.1 Å². The second-order valence-electron chi connectivity index (χ2n) is 6.30. The van der Waals surface area contributed by atoms with E-state index < -0.39 is 6.10 Å². The van der Waals surface area contributed by atoms with Gasteiger partial charge in [-0.25, -0.2) is 14.4 Å². The number of aromatic nitrogens is 1. The summed E-state index contributed by atoms with van der Waals surface area (Å²) in [4.78, 5) is 9.54. The number of pyridine rings is 1. The van der Waals surface area contributed by atoms with E-state index in [2.05, 4.69) is 20.6 Å². The maximum Gasteiger partial charge on any atom is 0.219 e. The highest BCUT2D eigenvalue weighted by molar-refractivity contribution is 7.16. The van der Waals surface area contributed by atoms with Crippen molar-refractivity contribution < 1.29 is 14.2 Å². The van der Waals surface area contributed by atoms with Crippen molar-refractivity contribution in [3.8, 4) is 11.6 Å². The Kier molecular flexibility index (Phi) is 8.01. The van der Waals surface area contributed by atoms with Crippen LogP contribution in [0.5, 0.6) is 11.6 Å². The summed E-state index contributed by atoms with van der Waals surface area (Å²) in [6.07, 6.45) is 0.983. The zero-order valence-corrected chi connectivity index (χ0v) is 17.9. The van der Waals surface area contributed by atoms with E-state index in [4.69, 9.17) is 16.3 Å². The maximum atomic E-state index is 13.2. The average Bonchev–Trinajstić information content (AvgIpc) is 3.17. The number of ether oxygens (including phenoxy) is 1. The van der Waals surface area contributed by atoms with Crippen molar-refractivity contribution in [1.29, 1.82) is 0 Å². The molecular formula is C21H22ClFN4O2S. The van der Waals surface area contributed by atoms with Crippen molar-refractivity contribution in [2.24, 2.45) is 4.99 Å². The summed E-state index contributed by atoms with van der Waals surface area (Å²) in [5.41, 5.74) is 0.879. The minimum Gasteiger partial charge on any atom is -0.439 e. The molecular weight excluding hydrogens is 427 g/mol. The van der Waals surface area contributed by atoms with E-state index in [1.165, 1.54) is 23.5 Å². The number of aliphatic hydroxyl groups excluding tert-OH is 1. The topological polar surface area (TPSA) is 78.8 Å². The molecule has 2 heterocycles. The van der Waals surface area contributed by atoms with Crippen LogP contribution in [0, 0.1) is 5.82 Å². The summed E-state index contributed by atoms with van der Waals surface area (Å²) in [6, 6.07) is 13.0. The predicted octanol–water partition coefficient (Wildman–Crippen LogP) is 4.52. The van der Waals surface area contributed by atoms with Gasteiger partial charge in [0.1, 0.15) is 17.7 Å². The zero-order valence-electron chi connectivity index (χ0n) is 16.3. The normalized spacial score (nSPS) is 12.5. The lowest BCUT2D eigenvalue weighted by Gasteiger charge is -2.14. The predicted molar refractivity (Wildman–Crippen MR) is 118 cm³/mol. The molecule has 30 heavy (non-hydrogen) atoms. The largest absolute Gasteiger partial charge is 0.439 e. The maximum absolute atomic E-state index is 13.2. The minimum atomic E-state index is -0.674. The molecule has 0 radical (unpaired) electrons. The van der Waals surface area contributed by atoms with Gasteiger partial charge in [-0.1, -0.05) is 23.7 Å². The molecule has 0 aliphatic carbocycles.